The highest BCUT2D eigenvalue weighted by molar-refractivity contribution is 5.80. The Morgan fingerprint density at radius 3 is 2.60 bits per heavy atom. The summed E-state index contributed by atoms with van der Waals surface area (Å²) in [6.07, 6.45) is 2.43. The predicted molar refractivity (Wildman–Crippen MR) is 73.5 cm³/mol. The van der Waals surface area contributed by atoms with Crippen LogP contribution in [-0.4, -0.2) is 36.3 Å². The molecule has 0 aliphatic carbocycles. The van der Waals surface area contributed by atoms with Crippen molar-refractivity contribution in [3.05, 3.63) is 35.6 Å². The summed E-state index contributed by atoms with van der Waals surface area (Å²) in [4.78, 5) is 25.2. The van der Waals surface area contributed by atoms with Crippen LogP contribution in [0.1, 0.15) is 24.8 Å². The second-order valence-electron chi connectivity index (χ2n) is 4.96. The summed E-state index contributed by atoms with van der Waals surface area (Å²) in [7, 11) is 0. The van der Waals surface area contributed by atoms with E-state index in [1.165, 1.54) is 6.07 Å². The molecule has 1 fully saturated rings. The Balaban J connectivity index is 1.70. The third-order valence-electron chi connectivity index (χ3n) is 3.43. The fraction of sp³-hybridized carbons (Fsp3) is 0.467. The Hall–Kier alpha value is -1.91. The quantitative estimate of drug-likeness (QED) is 0.887. The second-order valence-corrected chi connectivity index (χ2v) is 4.96. The van der Waals surface area contributed by atoms with Crippen molar-refractivity contribution in [2.75, 3.05) is 19.6 Å². The smallest absolute Gasteiger partial charge is 0.224 e. The maximum atomic E-state index is 13.4. The van der Waals surface area contributed by atoms with Gasteiger partial charge in [-0.15, -0.1) is 0 Å². The molecule has 0 spiro atoms. The first-order valence-corrected chi connectivity index (χ1v) is 6.94. The van der Waals surface area contributed by atoms with Crippen molar-refractivity contribution in [1.29, 1.82) is 0 Å². The molecule has 5 heteroatoms. The van der Waals surface area contributed by atoms with Crippen LogP contribution in [0, 0.1) is 5.82 Å². The Labute approximate surface area is 118 Å². The maximum absolute atomic E-state index is 13.4. The number of benzene rings is 1. The zero-order valence-corrected chi connectivity index (χ0v) is 11.4. The number of carbonyl (C=O) groups is 2. The molecule has 0 atom stereocenters. The van der Waals surface area contributed by atoms with Gasteiger partial charge in [0, 0.05) is 26.1 Å². The van der Waals surface area contributed by atoms with E-state index in [0.29, 0.717) is 18.5 Å². The van der Waals surface area contributed by atoms with Crippen LogP contribution >= 0.6 is 0 Å². The molecule has 1 saturated heterocycles. The Bertz CT molecular complexity index is 485. The van der Waals surface area contributed by atoms with Crippen LogP contribution in [0.2, 0.25) is 0 Å². The average Bonchev–Trinajstić information content (AvgIpc) is 2.95. The first-order chi connectivity index (χ1) is 9.66. The molecule has 1 aliphatic heterocycles. The summed E-state index contributed by atoms with van der Waals surface area (Å²) in [5, 5.41) is 2.66. The summed E-state index contributed by atoms with van der Waals surface area (Å²) in [6, 6.07) is 6.21. The van der Waals surface area contributed by atoms with Gasteiger partial charge in [0.05, 0.1) is 6.42 Å². The van der Waals surface area contributed by atoms with Gasteiger partial charge in [0.2, 0.25) is 11.8 Å². The number of nitrogens with one attached hydrogen (secondary N) is 1. The molecule has 0 radical (unpaired) electrons. The van der Waals surface area contributed by atoms with Crippen molar-refractivity contribution in [2.24, 2.45) is 0 Å². The highest BCUT2D eigenvalue weighted by Gasteiger charge is 2.17. The molecular weight excluding hydrogens is 259 g/mol. The first kappa shape index (κ1) is 14.5. The lowest BCUT2D eigenvalue weighted by Gasteiger charge is -2.15. The van der Waals surface area contributed by atoms with Gasteiger partial charge in [0.25, 0.3) is 0 Å². The highest BCUT2D eigenvalue weighted by atomic mass is 19.1. The number of carbonyl (C=O) groups excluding carboxylic acids is 2. The van der Waals surface area contributed by atoms with E-state index in [4.69, 9.17) is 0 Å². The minimum absolute atomic E-state index is 0.00454. The number of amides is 2. The van der Waals surface area contributed by atoms with Crippen LogP contribution < -0.4 is 5.32 Å². The predicted octanol–water partition coefficient (Wildman–Crippen LogP) is 1.50. The van der Waals surface area contributed by atoms with Gasteiger partial charge < -0.3 is 10.2 Å². The highest BCUT2D eigenvalue weighted by Crippen LogP contribution is 2.09. The van der Waals surface area contributed by atoms with E-state index in [2.05, 4.69) is 5.32 Å². The molecule has 1 aromatic carbocycles. The molecule has 1 aliphatic rings. The van der Waals surface area contributed by atoms with E-state index in [-0.39, 0.29) is 24.1 Å². The normalized spacial score (nSPS) is 14.3. The summed E-state index contributed by atoms with van der Waals surface area (Å²) in [5.41, 5.74) is 0.371. The molecule has 1 aromatic rings. The largest absolute Gasteiger partial charge is 0.355 e. The number of halogens is 1. The number of nitrogens with zero attached hydrogens (tertiary/aromatic N) is 1. The van der Waals surface area contributed by atoms with E-state index >= 15 is 0 Å². The van der Waals surface area contributed by atoms with Gasteiger partial charge in [-0.05, 0) is 24.5 Å². The van der Waals surface area contributed by atoms with E-state index in [1.807, 2.05) is 4.90 Å². The lowest BCUT2D eigenvalue weighted by atomic mass is 10.1. The minimum atomic E-state index is -0.379. The molecular formula is C15H19FN2O2. The monoisotopic (exact) mass is 278 g/mol. The number of rotatable bonds is 5. The molecule has 0 unspecified atom stereocenters. The van der Waals surface area contributed by atoms with Gasteiger partial charge in [-0.1, -0.05) is 18.2 Å². The molecule has 2 rings (SSSR count). The Morgan fingerprint density at radius 2 is 1.90 bits per heavy atom. The van der Waals surface area contributed by atoms with E-state index in [9.17, 15) is 14.0 Å². The van der Waals surface area contributed by atoms with Crippen molar-refractivity contribution in [3.8, 4) is 0 Å². The molecule has 20 heavy (non-hydrogen) atoms. The number of hydrogen-bond acceptors (Lipinski definition) is 2. The molecule has 108 valence electrons. The van der Waals surface area contributed by atoms with Crippen LogP contribution in [0.5, 0.6) is 0 Å². The minimum Gasteiger partial charge on any atom is -0.355 e. The van der Waals surface area contributed by atoms with Crippen LogP contribution in [0.3, 0.4) is 0 Å². The van der Waals surface area contributed by atoms with Crippen LogP contribution in [0.4, 0.5) is 4.39 Å². The maximum Gasteiger partial charge on any atom is 0.224 e. The zero-order chi connectivity index (χ0) is 14.4. The fourth-order valence-electron chi connectivity index (χ4n) is 2.31. The van der Waals surface area contributed by atoms with E-state index in [0.717, 1.165) is 25.9 Å². The van der Waals surface area contributed by atoms with Gasteiger partial charge in [-0.2, -0.15) is 0 Å². The van der Waals surface area contributed by atoms with E-state index < -0.39 is 0 Å². The molecule has 4 nitrogen and oxygen atoms in total. The van der Waals surface area contributed by atoms with Crippen molar-refractivity contribution in [1.82, 2.24) is 10.2 Å². The third-order valence-corrected chi connectivity index (χ3v) is 3.43. The molecule has 1 heterocycles. The summed E-state index contributed by atoms with van der Waals surface area (Å²) < 4.78 is 13.4. The third kappa shape index (κ3) is 4.05. The fourth-order valence-corrected chi connectivity index (χ4v) is 2.31. The second kappa shape index (κ2) is 7.03. The molecule has 0 bridgehead atoms. The molecule has 2 amide bonds. The first-order valence-electron chi connectivity index (χ1n) is 6.94. The molecule has 0 saturated carbocycles. The van der Waals surface area contributed by atoms with Crippen molar-refractivity contribution >= 4 is 11.8 Å². The summed E-state index contributed by atoms with van der Waals surface area (Å²) in [5.74, 6) is -0.561. The lowest BCUT2D eigenvalue weighted by molar-refractivity contribution is -0.130. The van der Waals surface area contributed by atoms with Gasteiger partial charge in [-0.25, -0.2) is 4.39 Å². The topological polar surface area (TPSA) is 49.4 Å². The Kier molecular flexibility index (Phi) is 5.09. The molecule has 1 N–H and O–H groups in total. The number of likely N-dealkylation sites (tertiary alicyclic amines) is 1. The standard InChI is InChI=1S/C15H19FN2O2/c16-13-6-2-1-5-12(13)11-14(19)17-8-7-15(20)18-9-3-4-10-18/h1-2,5-6H,3-4,7-11H2,(H,17,19). The van der Waals surface area contributed by atoms with Crippen LogP contribution in [0.25, 0.3) is 0 Å². The van der Waals surface area contributed by atoms with Crippen molar-refractivity contribution < 1.29 is 14.0 Å². The average molecular weight is 278 g/mol. The van der Waals surface area contributed by atoms with Crippen molar-refractivity contribution in [3.63, 3.8) is 0 Å². The van der Waals surface area contributed by atoms with E-state index in [1.54, 1.807) is 18.2 Å². The SMILES string of the molecule is O=C(Cc1ccccc1F)NCCC(=O)N1CCCC1. The molecule has 0 aromatic heterocycles. The van der Waals surface area contributed by atoms with Gasteiger partial charge in [-0.3, -0.25) is 9.59 Å². The number of hydrogen-bond donors (Lipinski definition) is 1. The Morgan fingerprint density at radius 1 is 1.20 bits per heavy atom. The van der Waals surface area contributed by atoms with Gasteiger partial charge in [0.15, 0.2) is 0 Å². The van der Waals surface area contributed by atoms with Gasteiger partial charge in [0.1, 0.15) is 5.82 Å². The van der Waals surface area contributed by atoms with Crippen molar-refractivity contribution in [2.45, 2.75) is 25.7 Å². The zero-order valence-electron chi connectivity index (χ0n) is 11.4. The van der Waals surface area contributed by atoms with Gasteiger partial charge >= 0.3 is 0 Å². The van der Waals surface area contributed by atoms with Crippen LogP contribution in [-0.2, 0) is 16.0 Å². The lowest BCUT2D eigenvalue weighted by Crippen LogP contribution is -2.33. The summed E-state index contributed by atoms with van der Waals surface area (Å²) in [6.45, 7) is 1.95. The van der Waals surface area contributed by atoms with Crippen LogP contribution in [0.15, 0.2) is 24.3 Å². The summed E-state index contributed by atoms with van der Waals surface area (Å²) >= 11 is 0.